The van der Waals surface area contributed by atoms with Crippen molar-refractivity contribution in [3.63, 3.8) is 0 Å². The maximum absolute atomic E-state index is 10.5. The summed E-state index contributed by atoms with van der Waals surface area (Å²) in [4.78, 5) is 11.4. The zero-order chi connectivity index (χ0) is 11.8. The first kappa shape index (κ1) is 13.2. The molecule has 0 spiro atoms. The molecule has 1 atom stereocenters. The number of unbranched alkanes of at least 4 members (excludes halogenated alkanes) is 1. The third-order valence-electron chi connectivity index (χ3n) is 2.24. The standard InChI is InChI=1S/C11H18N2O2S/c12-11(15)5-1-2-6-13-8-9(14)10-4-3-7-16-10/h3-4,7,9,13-14H,1-2,5-6,8H2,(H2,12,15). The van der Waals surface area contributed by atoms with E-state index in [1.807, 2.05) is 17.5 Å². The molecule has 5 heteroatoms. The quantitative estimate of drug-likeness (QED) is 0.596. The molecule has 0 aliphatic rings. The van der Waals surface area contributed by atoms with Gasteiger partial charge in [0, 0.05) is 17.8 Å². The van der Waals surface area contributed by atoms with Crippen LogP contribution in [-0.4, -0.2) is 24.1 Å². The highest BCUT2D eigenvalue weighted by molar-refractivity contribution is 7.10. The number of hydrogen-bond acceptors (Lipinski definition) is 4. The number of nitrogens with one attached hydrogen (secondary N) is 1. The number of carbonyl (C=O) groups excluding carboxylic acids is 1. The molecule has 4 N–H and O–H groups in total. The fourth-order valence-electron chi connectivity index (χ4n) is 1.37. The Morgan fingerprint density at radius 2 is 2.38 bits per heavy atom. The lowest BCUT2D eigenvalue weighted by molar-refractivity contribution is -0.118. The minimum Gasteiger partial charge on any atom is -0.386 e. The summed E-state index contributed by atoms with van der Waals surface area (Å²) < 4.78 is 0. The van der Waals surface area contributed by atoms with Crippen molar-refractivity contribution in [2.75, 3.05) is 13.1 Å². The summed E-state index contributed by atoms with van der Waals surface area (Å²) in [5, 5.41) is 14.8. The lowest BCUT2D eigenvalue weighted by Crippen LogP contribution is -2.22. The molecule has 0 bridgehead atoms. The fraction of sp³-hybridized carbons (Fsp3) is 0.545. The first-order valence-electron chi connectivity index (χ1n) is 5.40. The molecule has 1 aromatic heterocycles. The predicted molar refractivity (Wildman–Crippen MR) is 65.2 cm³/mol. The molecule has 16 heavy (non-hydrogen) atoms. The predicted octanol–water partition coefficient (Wildman–Crippen LogP) is 1.03. The molecule has 0 aromatic carbocycles. The van der Waals surface area contributed by atoms with Gasteiger partial charge in [-0.2, -0.15) is 0 Å². The topological polar surface area (TPSA) is 75.4 Å². The van der Waals surface area contributed by atoms with Crippen molar-refractivity contribution in [2.45, 2.75) is 25.4 Å². The van der Waals surface area contributed by atoms with E-state index in [1.54, 1.807) is 11.3 Å². The Morgan fingerprint density at radius 1 is 1.56 bits per heavy atom. The Hall–Kier alpha value is -0.910. The van der Waals surface area contributed by atoms with E-state index in [0.717, 1.165) is 24.3 Å². The van der Waals surface area contributed by atoms with Gasteiger partial charge in [0.1, 0.15) is 6.10 Å². The van der Waals surface area contributed by atoms with E-state index in [1.165, 1.54) is 0 Å². The third-order valence-corrected chi connectivity index (χ3v) is 3.21. The van der Waals surface area contributed by atoms with Gasteiger partial charge in [0.2, 0.25) is 5.91 Å². The Labute approximate surface area is 99.5 Å². The van der Waals surface area contributed by atoms with Crippen molar-refractivity contribution >= 4 is 17.2 Å². The number of nitrogens with two attached hydrogens (primary N) is 1. The van der Waals surface area contributed by atoms with Crippen LogP contribution in [0.3, 0.4) is 0 Å². The van der Waals surface area contributed by atoms with Crippen molar-refractivity contribution in [1.82, 2.24) is 5.32 Å². The maximum atomic E-state index is 10.5. The van der Waals surface area contributed by atoms with Gasteiger partial charge in [0.05, 0.1) is 0 Å². The number of primary amides is 1. The second-order valence-electron chi connectivity index (χ2n) is 3.66. The second-order valence-corrected chi connectivity index (χ2v) is 4.64. The van der Waals surface area contributed by atoms with Gasteiger partial charge in [-0.1, -0.05) is 6.07 Å². The van der Waals surface area contributed by atoms with E-state index in [2.05, 4.69) is 5.32 Å². The van der Waals surface area contributed by atoms with Gasteiger partial charge in [0.25, 0.3) is 0 Å². The summed E-state index contributed by atoms with van der Waals surface area (Å²) in [6.45, 7) is 1.35. The molecule has 1 rings (SSSR count). The van der Waals surface area contributed by atoms with Gasteiger partial charge in [-0.3, -0.25) is 4.79 Å². The van der Waals surface area contributed by atoms with E-state index in [9.17, 15) is 9.90 Å². The molecule has 4 nitrogen and oxygen atoms in total. The van der Waals surface area contributed by atoms with Crippen molar-refractivity contribution in [1.29, 1.82) is 0 Å². The molecule has 1 heterocycles. The highest BCUT2D eigenvalue weighted by atomic mass is 32.1. The SMILES string of the molecule is NC(=O)CCCCNCC(O)c1cccs1. The molecule has 0 saturated heterocycles. The number of aliphatic hydroxyl groups excluding tert-OH is 1. The number of rotatable bonds is 8. The van der Waals surface area contributed by atoms with Crippen LogP contribution in [0.2, 0.25) is 0 Å². The molecule has 1 unspecified atom stereocenters. The monoisotopic (exact) mass is 242 g/mol. The Kier molecular flexibility index (Phi) is 6.07. The Morgan fingerprint density at radius 3 is 3.00 bits per heavy atom. The maximum Gasteiger partial charge on any atom is 0.217 e. The molecule has 0 radical (unpaired) electrons. The van der Waals surface area contributed by atoms with Gasteiger partial charge >= 0.3 is 0 Å². The van der Waals surface area contributed by atoms with Gasteiger partial charge in [0.15, 0.2) is 0 Å². The molecular weight excluding hydrogens is 224 g/mol. The van der Waals surface area contributed by atoms with E-state index >= 15 is 0 Å². The lowest BCUT2D eigenvalue weighted by Gasteiger charge is -2.09. The van der Waals surface area contributed by atoms with Crippen LogP contribution in [-0.2, 0) is 4.79 Å². The van der Waals surface area contributed by atoms with Crippen LogP contribution in [0.1, 0.15) is 30.2 Å². The van der Waals surface area contributed by atoms with Crippen LogP contribution in [0, 0.1) is 0 Å². The van der Waals surface area contributed by atoms with Crippen molar-refractivity contribution in [3.8, 4) is 0 Å². The van der Waals surface area contributed by atoms with Crippen molar-refractivity contribution < 1.29 is 9.90 Å². The van der Waals surface area contributed by atoms with E-state index in [4.69, 9.17) is 5.73 Å². The summed E-state index contributed by atoms with van der Waals surface area (Å²) in [5.41, 5.74) is 5.02. The fourth-order valence-corrected chi connectivity index (χ4v) is 2.08. The molecule has 1 amide bonds. The number of thiophene rings is 1. The summed E-state index contributed by atoms with van der Waals surface area (Å²) >= 11 is 1.55. The van der Waals surface area contributed by atoms with E-state index < -0.39 is 6.10 Å². The first-order valence-corrected chi connectivity index (χ1v) is 6.28. The molecule has 0 aliphatic heterocycles. The molecule has 0 aliphatic carbocycles. The average Bonchev–Trinajstić information content (AvgIpc) is 2.75. The summed E-state index contributed by atoms with van der Waals surface area (Å²) in [6, 6.07) is 3.85. The minimum atomic E-state index is -0.434. The highest BCUT2D eigenvalue weighted by Crippen LogP contribution is 2.17. The lowest BCUT2D eigenvalue weighted by atomic mass is 10.2. The first-order chi connectivity index (χ1) is 7.70. The number of carbonyl (C=O) groups is 1. The molecule has 1 aromatic rings. The van der Waals surface area contributed by atoms with Crippen LogP contribution in [0.5, 0.6) is 0 Å². The second kappa shape index (κ2) is 7.38. The third kappa shape index (κ3) is 5.25. The largest absolute Gasteiger partial charge is 0.386 e. The van der Waals surface area contributed by atoms with Crippen LogP contribution in [0.4, 0.5) is 0 Å². The van der Waals surface area contributed by atoms with Crippen LogP contribution in [0.25, 0.3) is 0 Å². The summed E-state index contributed by atoms with van der Waals surface area (Å²) in [7, 11) is 0. The Balaban J connectivity index is 2.01. The van der Waals surface area contributed by atoms with Gasteiger partial charge < -0.3 is 16.2 Å². The summed E-state index contributed by atoms with van der Waals surface area (Å²) in [6.07, 6.45) is 1.71. The normalized spacial score (nSPS) is 12.6. The minimum absolute atomic E-state index is 0.251. The molecule has 90 valence electrons. The zero-order valence-electron chi connectivity index (χ0n) is 9.19. The van der Waals surface area contributed by atoms with E-state index in [-0.39, 0.29) is 5.91 Å². The van der Waals surface area contributed by atoms with Crippen LogP contribution >= 0.6 is 11.3 Å². The van der Waals surface area contributed by atoms with Gasteiger partial charge in [-0.15, -0.1) is 11.3 Å². The van der Waals surface area contributed by atoms with E-state index in [0.29, 0.717) is 13.0 Å². The summed E-state index contributed by atoms with van der Waals surface area (Å²) in [5.74, 6) is -0.251. The molecule has 0 fully saturated rings. The number of aliphatic hydroxyl groups is 1. The van der Waals surface area contributed by atoms with Crippen LogP contribution in [0.15, 0.2) is 17.5 Å². The number of hydrogen-bond donors (Lipinski definition) is 3. The van der Waals surface area contributed by atoms with Gasteiger partial charge in [-0.05, 0) is 30.8 Å². The smallest absolute Gasteiger partial charge is 0.217 e. The Bertz CT molecular complexity index is 301. The molecule has 0 saturated carbocycles. The highest BCUT2D eigenvalue weighted by Gasteiger charge is 2.06. The molecular formula is C11H18N2O2S. The average molecular weight is 242 g/mol. The van der Waals surface area contributed by atoms with Gasteiger partial charge in [-0.25, -0.2) is 0 Å². The zero-order valence-corrected chi connectivity index (χ0v) is 10.0. The van der Waals surface area contributed by atoms with Crippen LogP contribution < -0.4 is 11.1 Å². The van der Waals surface area contributed by atoms with Crippen molar-refractivity contribution in [2.24, 2.45) is 5.73 Å². The number of amides is 1. The van der Waals surface area contributed by atoms with Crippen molar-refractivity contribution in [3.05, 3.63) is 22.4 Å².